The Morgan fingerprint density at radius 1 is 0.970 bits per heavy atom. The molecule has 3 rings (SSSR count). The van der Waals surface area contributed by atoms with Crippen LogP contribution in [0.3, 0.4) is 0 Å². The van der Waals surface area contributed by atoms with Crippen LogP contribution in [0.15, 0.2) is 42.5 Å². The van der Waals surface area contributed by atoms with Crippen LogP contribution in [0.5, 0.6) is 11.5 Å². The van der Waals surface area contributed by atoms with Crippen molar-refractivity contribution in [2.45, 2.75) is 38.5 Å². The lowest BCUT2D eigenvalue weighted by Gasteiger charge is -2.32. The molecule has 0 atom stereocenters. The smallest absolute Gasteiger partial charge is 0.263 e. The zero-order chi connectivity index (χ0) is 23.8. The highest BCUT2D eigenvalue weighted by atomic mass is 16.5. The van der Waals surface area contributed by atoms with E-state index in [-0.39, 0.29) is 11.3 Å². The molecule has 1 amide bonds. The lowest BCUT2D eigenvalue weighted by atomic mass is 9.79. The molecule has 33 heavy (non-hydrogen) atoms. The van der Waals surface area contributed by atoms with Crippen LogP contribution in [0, 0.1) is 0 Å². The van der Waals surface area contributed by atoms with Crippen LogP contribution >= 0.6 is 0 Å². The van der Waals surface area contributed by atoms with E-state index in [2.05, 4.69) is 36.0 Å². The molecule has 6 nitrogen and oxygen atoms in total. The Morgan fingerprint density at radius 2 is 1.58 bits per heavy atom. The third kappa shape index (κ3) is 6.71. The van der Waals surface area contributed by atoms with E-state index in [0.717, 1.165) is 43.7 Å². The van der Waals surface area contributed by atoms with E-state index >= 15 is 0 Å². The fraction of sp³-hybridized carbons (Fsp3) is 0.519. The maximum absolute atomic E-state index is 13.0. The first kappa shape index (κ1) is 25.1. The van der Waals surface area contributed by atoms with Gasteiger partial charge in [-0.1, -0.05) is 38.5 Å². The van der Waals surface area contributed by atoms with Gasteiger partial charge in [-0.2, -0.15) is 0 Å². The molecule has 1 fully saturated rings. The molecule has 0 unspecified atom stereocenters. The molecule has 0 aliphatic carbocycles. The van der Waals surface area contributed by atoms with Gasteiger partial charge in [-0.3, -0.25) is 4.79 Å². The van der Waals surface area contributed by atoms with Crippen LogP contribution in [0.25, 0.3) is 0 Å². The van der Waals surface area contributed by atoms with Gasteiger partial charge < -0.3 is 24.6 Å². The standard InChI is InChI=1S/C27H39N3O3/c1-27(2,13-9-10-14-30-17-15-29(3)16-18-30)21-19-23(32-4)25(24(20-21)33-5)26(31)28-22-11-7-6-8-12-22/h6-8,11-12,19-20H,9-10,13-18H2,1-5H3,(H,28,31). The number of amides is 1. The first-order valence-corrected chi connectivity index (χ1v) is 11.9. The SMILES string of the molecule is COc1cc(C(C)(C)CCCCN2CCN(C)CC2)cc(OC)c1C(=O)Nc1ccccc1. The molecule has 2 aromatic carbocycles. The van der Waals surface area contributed by atoms with Gasteiger partial charge in [0, 0.05) is 31.9 Å². The van der Waals surface area contributed by atoms with Crippen molar-refractivity contribution < 1.29 is 14.3 Å². The molecule has 0 bridgehead atoms. The van der Waals surface area contributed by atoms with Crippen molar-refractivity contribution in [3.05, 3.63) is 53.6 Å². The number of anilines is 1. The summed E-state index contributed by atoms with van der Waals surface area (Å²) < 4.78 is 11.3. The van der Waals surface area contributed by atoms with E-state index in [1.807, 2.05) is 42.5 Å². The number of piperazine rings is 1. The summed E-state index contributed by atoms with van der Waals surface area (Å²) in [6.45, 7) is 10.3. The lowest BCUT2D eigenvalue weighted by Crippen LogP contribution is -2.44. The molecule has 1 aliphatic heterocycles. The number of hydrogen-bond acceptors (Lipinski definition) is 5. The van der Waals surface area contributed by atoms with Gasteiger partial charge in [0.05, 0.1) is 14.2 Å². The number of unbranched alkanes of at least 4 members (excludes halogenated alkanes) is 1. The fourth-order valence-electron chi connectivity index (χ4n) is 4.36. The number of carbonyl (C=O) groups is 1. The Bertz CT molecular complexity index is 881. The van der Waals surface area contributed by atoms with Gasteiger partial charge in [0.2, 0.25) is 0 Å². The number of nitrogens with one attached hydrogen (secondary N) is 1. The monoisotopic (exact) mass is 453 g/mol. The Labute approximate surface area is 198 Å². The second kappa shape index (κ2) is 11.5. The number of ether oxygens (including phenoxy) is 2. The molecule has 1 N–H and O–H groups in total. The number of hydrogen-bond donors (Lipinski definition) is 1. The zero-order valence-electron chi connectivity index (χ0n) is 20.8. The van der Waals surface area contributed by atoms with Crippen molar-refractivity contribution in [3.63, 3.8) is 0 Å². The molecular weight excluding hydrogens is 414 g/mol. The van der Waals surface area contributed by atoms with E-state index in [4.69, 9.17) is 9.47 Å². The highest BCUT2D eigenvalue weighted by molar-refractivity contribution is 6.08. The molecule has 1 heterocycles. The number of nitrogens with zero attached hydrogens (tertiary/aromatic N) is 2. The highest BCUT2D eigenvalue weighted by Crippen LogP contribution is 2.38. The normalized spacial score (nSPS) is 15.3. The Morgan fingerprint density at radius 3 is 2.15 bits per heavy atom. The Kier molecular flexibility index (Phi) is 8.75. The van der Waals surface area contributed by atoms with Crippen molar-refractivity contribution in [2.24, 2.45) is 0 Å². The van der Waals surface area contributed by atoms with Gasteiger partial charge in [0.15, 0.2) is 0 Å². The van der Waals surface area contributed by atoms with Crippen LogP contribution in [0.1, 0.15) is 49.0 Å². The van der Waals surface area contributed by atoms with Crippen LogP contribution in [0.4, 0.5) is 5.69 Å². The van der Waals surface area contributed by atoms with Gasteiger partial charge in [-0.25, -0.2) is 0 Å². The molecule has 1 aliphatic rings. The van der Waals surface area contributed by atoms with E-state index < -0.39 is 0 Å². The van der Waals surface area contributed by atoms with Gasteiger partial charge in [-0.05, 0) is 61.7 Å². The van der Waals surface area contributed by atoms with Crippen molar-refractivity contribution in [2.75, 3.05) is 59.3 Å². The summed E-state index contributed by atoms with van der Waals surface area (Å²) in [7, 11) is 5.39. The fourth-order valence-corrected chi connectivity index (χ4v) is 4.36. The quantitative estimate of drug-likeness (QED) is 0.531. The molecule has 0 saturated carbocycles. The van der Waals surface area contributed by atoms with Gasteiger partial charge in [0.25, 0.3) is 5.91 Å². The topological polar surface area (TPSA) is 54.0 Å². The van der Waals surface area contributed by atoms with E-state index in [1.54, 1.807) is 14.2 Å². The second-order valence-corrected chi connectivity index (χ2v) is 9.56. The largest absolute Gasteiger partial charge is 0.496 e. The lowest BCUT2D eigenvalue weighted by molar-refractivity contribution is 0.102. The molecule has 0 spiro atoms. The minimum Gasteiger partial charge on any atom is -0.496 e. The highest BCUT2D eigenvalue weighted by Gasteiger charge is 2.27. The molecule has 2 aromatic rings. The molecule has 0 aromatic heterocycles. The molecule has 0 radical (unpaired) electrons. The summed E-state index contributed by atoms with van der Waals surface area (Å²) in [5.74, 6) is 0.818. The first-order valence-electron chi connectivity index (χ1n) is 11.9. The number of methoxy groups -OCH3 is 2. The Hall–Kier alpha value is -2.57. The van der Waals surface area contributed by atoms with Crippen molar-refractivity contribution >= 4 is 11.6 Å². The van der Waals surface area contributed by atoms with Gasteiger partial charge in [0.1, 0.15) is 17.1 Å². The average molecular weight is 454 g/mol. The van der Waals surface area contributed by atoms with E-state index in [1.165, 1.54) is 19.5 Å². The van der Waals surface area contributed by atoms with E-state index in [9.17, 15) is 4.79 Å². The predicted molar refractivity (Wildman–Crippen MR) is 135 cm³/mol. The summed E-state index contributed by atoms with van der Waals surface area (Å²) in [6, 6.07) is 13.4. The zero-order valence-corrected chi connectivity index (χ0v) is 20.8. The van der Waals surface area contributed by atoms with E-state index in [0.29, 0.717) is 17.1 Å². The van der Waals surface area contributed by atoms with Crippen molar-refractivity contribution in [3.8, 4) is 11.5 Å². The Balaban J connectivity index is 1.68. The number of rotatable bonds is 10. The maximum Gasteiger partial charge on any atom is 0.263 e. The summed E-state index contributed by atoms with van der Waals surface area (Å²) in [6.07, 6.45) is 3.40. The minimum atomic E-state index is -0.244. The number of carbonyl (C=O) groups excluding carboxylic acids is 1. The van der Waals surface area contributed by atoms with Gasteiger partial charge in [-0.15, -0.1) is 0 Å². The maximum atomic E-state index is 13.0. The van der Waals surface area contributed by atoms with Gasteiger partial charge >= 0.3 is 0 Å². The van der Waals surface area contributed by atoms with Crippen LogP contribution < -0.4 is 14.8 Å². The summed E-state index contributed by atoms with van der Waals surface area (Å²) in [5.41, 5.74) is 2.21. The molecular formula is C27H39N3O3. The third-order valence-electron chi connectivity index (χ3n) is 6.67. The number of para-hydroxylation sites is 1. The summed E-state index contributed by atoms with van der Waals surface area (Å²) in [5, 5.41) is 2.94. The summed E-state index contributed by atoms with van der Waals surface area (Å²) >= 11 is 0. The second-order valence-electron chi connectivity index (χ2n) is 9.56. The first-order chi connectivity index (χ1) is 15.8. The summed E-state index contributed by atoms with van der Waals surface area (Å²) in [4.78, 5) is 18.0. The molecule has 6 heteroatoms. The molecule has 180 valence electrons. The van der Waals surface area contributed by atoms with Crippen molar-refractivity contribution in [1.29, 1.82) is 0 Å². The van der Waals surface area contributed by atoms with Crippen LogP contribution in [-0.4, -0.2) is 69.7 Å². The predicted octanol–water partition coefficient (Wildman–Crippen LogP) is 4.65. The number of likely N-dealkylation sites (N-methyl/N-ethyl adjacent to an activating group) is 1. The van der Waals surface area contributed by atoms with Crippen molar-refractivity contribution in [1.82, 2.24) is 9.80 Å². The molecule has 1 saturated heterocycles. The average Bonchev–Trinajstić information content (AvgIpc) is 2.82. The van der Waals surface area contributed by atoms with Crippen LogP contribution in [0.2, 0.25) is 0 Å². The number of benzene rings is 2. The minimum absolute atomic E-state index is 0.0584. The van der Waals surface area contributed by atoms with Crippen LogP contribution in [-0.2, 0) is 5.41 Å². The third-order valence-corrected chi connectivity index (χ3v) is 6.67.